The molecule has 110 valence electrons. The van der Waals surface area contributed by atoms with Crippen LogP contribution in [0, 0.1) is 11.6 Å². The van der Waals surface area contributed by atoms with Crippen LogP contribution in [0.4, 0.5) is 14.5 Å². The van der Waals surface area contributed by atoms with Crippen LogP contribution in [-0.2, 0) is 4.79 Å². The van der Waals surface area contributed by atoms with E-state index in [-0.39, 0.29) is 5.69 Å². The maximum Gasteiger partial charge on any atom is 0.265 e. The lowest BCUT2D eigenvalue weighted by atomic mass is 10.2. The second kappa shape index (κ2) is 6.83. The van der Waals surface area contributed by atoms with Gasteiger partial charge in [0.05, 0.1) is 0 Å². The molecular weight excluding hydrogens is 276 g/mol. The Bertz CT molecular complexity index is 617. The number of para-hydroxylation sites is 1. The predicted molar refractivity (Wildman–Crippen MR) is 76.1 cm³/mol. The van der Waals surface area contributed by atoms with E-state index in [0.29, 0.717) is 12.2 Å². The van der Waals surface area contributed by atoms with Gasteiger partial charge in [0.1, 0.15) is 5.75 Å². The molecule has 2 aromatic carbocycles. The summed E-state index contributed by atoms with van der Waals surface area (Å²) in [7, 11) is 0. The van der Waals surface area contributed by atoms with E-state index >= 15 is 0 Å². The molecule has 5 heteroatoms. The molecule has 3 nitrogen and oxygen atoms in total. The zero-order valence-electron chi connectivity index (χ0n) is 11.5. The summed E-state index contributed by atoms with van der Waals surface area (Å²) in [5.74, 6) is -1.80. The Kier molecular flexibility index (Phi) is 4.87. The fourth-order valence-corrected chi connectivity index (χ4v) is 1.78. The quantitative estimate of drug-likeness (QED) is 0.911. The average Bonchev–Trinajstić information content (AvgIpc) is 2.49. The molecule has 0 fully saturated rings. The van der Waals surface area contributed by atoms with E-state index in [0.717, 1.165) is 12.1 Å². The van der Waals surface area contributed by atoms with Gasteiger partial charge in [0.25, 0.3) is 5.91 Å². The summed E-state index contributed by atoms with van der Waals surface area (Å²) in [5.41, 5.74) is 0.189. The van der Waals surface area contributed by atoms with Crippen LogP contribution in [0.1, 0.15) is 13.3 Å². The minimum absolute atomic E-state index is 0.189. The summed E-state index contributed by atoms with van der Waals surface area (Å²) in [4.78, 5) is 12.1. The van der Waals surface area contributed by atoms with Crippen LogP contribution in [0.2, 0.25) is 0 Å². The first-order valence-electron chi connectivity index (χ1n) is 6.57. The number of carbonyl (C=O) groups excluding carboxylic acids is 1. The van der Waals surface area contributed by atoms with Crippen molar-refractivity contribution in [1.29, 1.82) is 0 Å². The Morgan fingerprint density at radius 3 is 2.48 bits per heavy atom. The molecule has 21 heavy (non-hydrogen) atoms. The molecule has 0 aliphatic carbocycles. The van der Waals surface area contributed by atoms with Gasteiger partial charge in [-0.05, 0) is 30.7 Å². The lowest BCUT2D eigenvalue weighted by molar-refractivity contribution is -0.122. The number of rotatable bonds is 5. The lowest BCUT2D eigenvalue weighted by Gasteiger charge is -2.17. The number of halogens is 2. The molecule has 0 saturated heterocycles. The van der Waals surface area contributed by atoms with E-state index in [1.54, 1.807) is 31.2 Å². The van der Waals surface area contributed by atoms with Gasteiger partial charge in [-0.25, -0.2) is 8.78 Å². The normalized spacial score (nSPS) is 11.8. The molecule has 0 heterocycles. The molecule has 0 aliphatic heterocycles. The van der Waals surface area contributed by atoms with Crippen molar-refractivity contribution in [3.8, 4) is 5.75 Å². The third-order valence-electron chi connectivity index (χ3n) is 2.87. The van der Waals surface area contributed by atoms with Crippen molar-refractivity contribution >= 4 is 11.6 Å². The van der Waals surface area contributed by atoms with E-state index in [9.17, 15) is 13.6 Å². The molecule has 0 aromatic heterocycles. The van der Waals surface area contributed by atoms with Gasteiger partial charge >= 0.3 is 0 Å². The number of carbonyl (C=O) groups is 1. The molecule has 1 atom stereocenters. The summed E-state index contributed by atoms with van der Waals surface area (Å²) in [6.07, 6.45) is -0.259. The van der Waals surface area contributed by atoms with Gasteiger partial charge in [0.15, 0.2) is 17.7 Å². The fourth-order valence-electron chi connectivity index (χ4n) is 1.78. The largest absolute Gasteiger partial charge is 0.481 e. The number of hydrogen-bond acceptors (Lipinski definition) is 2. The standard InChI is InChI=1S/C16H15F2NO2/c1-2-15(21-12-6-4-3-5-7-12)16(20)19-11-8-9-13(17)14(18)10-11/h3-10,15H,2H2,1H3,(H,19,20)/t15-/m0/s1. The number of amides is 1. The fraction of sp³-hybridized carbons (Fsp3) is 0.188. The third-order valence-corrected chi connectivity index (χ3v) is 2.87. The van der Waals surface area contributed by atoms with Gasteiger partial charge in [-0.15, -0.1) is 0 Å². The maximum absolute atomic E-state index is 13.1. The van der Waals surface area contributed by atoms with Crippen LogP contribution in [0.15, 0.2) is 48.5 Å². The van der Waals surface area contributed by atoms with Gasteiger partial charge in [0, 0.05) is 11.8 Å². The van der Waals surface area contributed by atoms with Crippen molar-refractivity contribution in [3.63, 3.8) is 0 Å². The van der Waals surface area contributed by atoms with Gasteiger partial charge in [-0.2, -0.15) is 0 Å². The Balaban J connectivity index is 2.04. The summed E-state index contributed by atoms with van der Waals surface area (Å²) in [6.45, 7) is 1.80. The zero-order chi connectivity index (χ0) is 15.2. The first-order chi connectivity index (χ1) is 10.1. The third kappa shape index (κ3) is 4.02. The molecule has 1 amide bonds. The summed E-state index contributed by atoms with van der Waals surface area (Å²) in [5, 5.41) is 2.51. The first-order valence-corrected chi connectivity index (χ1v) is 6.57. The van der Waals surface area contributed by atoms with Crippen LogP contribution in [0.5, 0.6) is 5.75 Å². The first kappa shape index (κ1) is 15.0. The summed E-state index contributed by atoms with van der Waals surface area (Å²) >= 11 is 0. The SMILES string of the molecule is CC[C@H](Oc1ccccc1)C(=O)Nc1ccc(F)c(F)c1. The number of anilines is 1. The molecule has 0 saturated carbocycles. The molecule has 0 spiro atoms. The Labute approximate surface area is 121 Å². The highest BCUT2D eigenvalue weighted by molar-refractivity contribution is 5.94. The monoisotopic (exact) mass is 291 g/mol. The molecular formula is C16H15F2NO2. The molecule has 1 N–H and O–H groups in total. The van der Waals surface area contributed by atoms with Crippen LogP contribution in [-0.4, -0.2) is 12.0 Å². The highest BCUT2D eigenvalue weighted by atomic mass is 19.2. The van der Waals surface area contributed by atoms with Gasteiger partial charge in [0.2, 0.25) is 0 Å². The van der Waals surface area contributed by atoms with Crippen LogP contribution in [0.25, 0.3) is 0 Å². The average molecular weight is 291 g/mol. The van der Waals surface area contributed by atoms with Crippen LogP contribution >= 0.6 is 0 Å². The van der Waals surface area contributed by atoms with Crippen molar-refractivity contribution in [2.24, 2.45) is 0 Å². The Morgan fingerprint density at radius 2 is 1.86 bits per heavy atom. The van der Waals surface area contributed by atoms with Gasteiger partial charge in [-0.1, -0.05) is 25.1 Å². The molecule has 0 bridgehead atoms. The highest BCUT2D eigenvalue weighted by Crippen LogP contribution is 2.16. The van der Waals surface area contributed by atoms with E-state index < -0.39 is 23.6 Å². The van der Waals surface area contributed by atoms with Crippen LogP contribution in [0.3, 0.4) is 0 Å². The van der Waals surface area contributed by atoms with E-state index in [2.05, 4.69) is 5.32 Å². The zero-order valence-corrected chi connectivity index (χ0v) is 11.5. The predicted octanol–water partition coefficient (Wildman–Crippen LogP) is 3.76. The molecule has 0 aliphatic rings. The highest BCUT2D eigenvalue weighted by Gasteiger charge is 2.18. The van der Waals surface area contributed by atoms with E-state index in [1.807, 2.05) is 6.07 Å². The number of nitrogens with one attached hydrogen (secondary N) is 1. The molecule has 2 aromatic rings. The van der Waals surface area contributed by atoms with E-state index in [4.69, 9.17) is 4.74 Å². The molecule has 0 unspecified atom stereocenters. The van der Waals surface area contributed by atoms with Crippen LogP contribution < -0.4 is 10.1 Å². The smallest absolute Gasteiger partial charge is 0.265 e. The summed E-state index contributed by atoms with van der Waals surface area (Å²) in [6, 6.07) is 12.1. The van der Waals surface area contributed by atoms with Gasteiger partial charge < -0.3 is 10.1 Å². The minimum Gasteiger partial charge on any atom is -0.481 e. The number of ether oxygens (including phenoxy) is 1. The lowest BCUT2D eigenvalue weighted by Crippen LogP contribution is -2.32. The summed E-state index contributed by atoms with van der Waals surface area (Å²) < 4.78 is 31.5. The Morgan fingerprint density at radius 1 is 1.14 bits per heavy atom. The topological polar surface area (TPSA) is 38.3 Å². The van der Waals surface area contributed by atoms with Crippen molar-refractivity contribution in [1.82, 2.24) is 0 Å². The molecule has 2 rings (SSSR count). The van der Waals surface area contributed by atoms with Crippen molar-refractivity contribution in [2.75, 3.05) is 5.32 Å². The van der Waals surface area contributed by atoms with Crippen molar-refractivity contribution in [3.05, 3.63) is 60.2 Å². The maximum atomic E-state index is 13.1. The molecule has 0 radical (unpaired) electrons. The number of benzene rings is 2. The second-order valence-electron chi connectivity index (χ2n) is 4.45. The second-order valence-corrected chi connectivity index (χ2v) is 4.45. The Hall–Kier alpha value is -2.43. The van der Waals surface area contributed by atoms with Crippen molar-refractivity contribution < 1.29 is 18.3 Å². The van der Waals surface area contributed by atoms with Crippen molar-refractivity contribution in [2.45, 2.75) is 19.4 Å². The van der Waals surface area contributed by atoms with E-state index in [1.165, 1.54) is 6.07 Å². The van der Waals surface area contributed by atoms with Gasteiger partial charge in [-0.3, -0.25) is 4.79 Å². The number of hydrogen-bond donors (Lipinski definition) is 1. The minimum atomic E-state index is -1.01.